The van der Waals surface area contributed by atoms with Gasteiger partial charge in [0.1, 0.15) is 0 Å². The Bertz CT molecular complexity index is 425. The monoisotopic (exact) mass is 279 g/mol. The van der Waals surface area contributed by atoms with E-state index in [-0.39, 0.29) is 0 Å². The molecule has 1 atom stereocenters. The number of halogens is 1. The van der Waals surface area contributed by atoms with Crippen LogP contribution in [-0.4, -0.2) is 43.7 Å². The Morgan fingerprint density at radius 3 is 2.53 bits per heavy atom. The first-order valence-electron chi connectivity index (χ1n) is 7.22. The molecule has 4 heteroatoms. The molecular formula is C15H22ClN3. The maximum absolute atomic E-state index is 6.06. The van der Waals surface area contributed by atoms with Crippen molar-refractivity contribution >= 4 is 17.3 Å². The maximum atomic E-state index is 6.06. The highest BCUT2D eigenvalue weighted by molar-refractivity contribution is 6.30. The molecule has 19 heavy (non-hydrogen) atoms. The van der Waals surface area contributed by atoms with E-state index in [4.69, 9.17) is 17.3 Å². The van der Waals surface area contributed by atoms with Crippen molar-refractivity contribution in [2.75, 3.05) is 37.6 Å². The van der Waals surface area contributed by atoms with Gasteiger partial charge in [-0.1, -0.05) is 17.7 Å². The summed E-state index contributed by atoms with van der Waals surface area (Å²) in [5.74, 6) is 0.864. The summed E-state index contributed by atoms with van der Waals surface area (Å²) in [5, 5.41) is 0.817. The van der Waals surface area contributed by atoms with Crippen molar-refractivity contribution in [2.45, 2.75) is 18.9 Å². The van der Waals surface area contributed by atoms with E-state index in [9.17, 15) is 0 Å². The van der Waals surface area contributed by atoms with Gasteiger partial charge in [-0.25, -0.2) is 0 Å². The van der Waals surface area contributed by atoms with Gasteiger partial charge in [0, 0.05) is 49.5 Å². The van der Waals surface area contributed by atoms with Crippen molar-refractivity contribution in [1.82, 2.24) is 4.90 Å². The van der Waals surface area contributed by atoms with Gasteiger partial charge in [0.15, 0.2) is 0 Å². The zero-order valence-corrected chi connectivity index (χ0v) is 12.0. The highest BCUT2D eigenvalue weighted by Gasteiger charge is 2.35. The average Bonchev–Trinajstić information content (AvgIpc) is 3.25. The molecule has 1 aromatic rings. The molecule has 1 saturated carbocycles. The predicted molar refractivity (Wildman–Crippen MR) is 80.8 cm³/mol. The molecule has 1 heterocycles. The van der Waals surface area contributed by atoms with Crippen molar-refractivity contribution < 1.29 is 0 Å². The molecule has 0 radical (unpaired) electrons. The molecule has 0 aromatic heterocycles. The second kappa shape index (κ2) is 5.70. The first kappa shape index (κ1) is 13.2. The Kier molecular flexibility index (Phi) is 3.96. The highest BCUT2D eigenvalue weighted by Crippen LogP contribution is 2.35. The number of piperazine rings is 1. The molecule has 3 nitrogen and oxygen atoms in total. The number of nitrogens with zero attached hydrogens (tertiary/aromatic N) is 2. The minimum atomic E-state index is 0.613. The van der Waals surface area contributed by atoms with Crippen LogP contribution in [0.3, 0.4) is 0 Å². The molecule has 104 valence electrons. The number of benzene rings is 1. The van der Waals surface area contributed by atoms with Gasteiger partial charge in [-0.15, -0.1) is 0 Å². The van der Waals surface area contributed by atoms with Gasteiger partial charge in [-0.3, -0.25) is 4.90 Å². The summed E-state index contributed by atoms with van der Waals surface area (Å²) in [6.07, 6.45) is 2.74. The molecule has 2 N–H and O–H groups in total. The summed E-state index contributed by atoms with van der Waals surface area (Å²) >= 11 is 6.06. The third-order valence-corrected chi connectivity index (χ3v) is 4.60. The zero-order chi connectivity index (χ0) is 13.2. The lowest BCUT2D eigenvalue weighted by Gasteiger charge is -2.40. The lowest BCUT2D eigenvalue weighted by atomic mass is 10.1. The van der Waals surface area contributed by atoms with Crippen LogP contribution >= 0.6 is 11.6 Å². The third-order valence-electron chi connectivity index (χ3n) is 4.36. The van der Waals surface area contributed by atoms with E-state index in [0.717, 1.165) is 43.7 Å². The van der Waals surface area contributed by atoms with E-state index in [1.54, 1.807) is 0 Å². The molecule has 2 aliphatic rings. The van der Waals surface area contributed by atoms with E-state index in [1.165, 1.54) is 18.5 Å². The standard InChI is InChI=1S/C15H22ClN3/c16-13-2-1-3-14(10-13)18-6-8-19(9-7-18)15(11-17)12-4-5-12/h1-3,10,12,15H,4-9,11,17H2. The summed E-state index contributed by atoms with van der Waals surface area (Å²) in [5.41, 5.74) is 7.18. The van der Waals surface area contributed by atoms with Gasteiger partial charge in [0.25, 0.3) is 0 Å². The summed E-state index contributed by atoms with van der Waals surface area (Å²) in [7, 11) is 0. The molecule has 0 amide bonds. The Balaban J connectivity index is 1.59. The third kappa shape index (κ3) is 3.04. The van der Waals surface area contributed by atoms with Crippen molar-refractivity contribution in [2.24, 2.45) is 11.7 Å². The van der Waals surface area contributed by atoms with Crippen LogP contribution in [0.4, 0.5) is 5.69 Å². The van der Waals surface area contributed by atoms with Crippen LogP contribution in [0.1, 0.15) is 12.8 Å². The topological polar surface area (TPSA) is 32.5 Å². The number of hydrogen-bond donors (Lipinski definition) is 1. The lowest BCUT2D eigenvalue weighted by Crippen LogP contribution is -2.53. The maximum Gasteiger partial charge on any atom is 0.0426 e. The largest absolute Gasteiger partial charge is 0.369 e. The summed E-state index contributed by atoms with van der Waals surface area (Å²) in [6.45, 7) is 5.19. The summed E-state index contributed by atoms with van der Waals surface area (Å²) < 4.78 is 0. The second-order valence-corrected chi connectivity index (χ2v) is 6.08. The fraction of sp³-hybridized carbons (Fsp3) is 0.600. The SMILES string of the molecule is NCC(C1CC1)N1CCN(c2cccc(Cl)c2)CC1. The zero-order valence-electron chi connectivity index (χ0n) is 11.3. The molecule has 3 rings (SSSR count). The second-order valence-electron chi connectivity index (χ2n) is 5.64. The number of rotatable bonds is 4. The van der Waals surface area contributed by atoms with Gasteiger partial charge in [-0.05, 0) is 37.0 Å². The number of nitrogens with two attached hydrogens (primary N) is 1. The molecule has 1 unspecified atom stereocenters. The van der Waals surface area contributed by atoms with Crippen LogP contribution < -0.4 is 10.6 Å². The molecule has 1 saturated heterocycles. The van der Waals surface area contributed by atoms with Gasteiger partial charge in [0.2, 0.25) is 0 Å². The molecule has 1 aliphatic carbocycles. The van der Waals surface area contributed by atoms with Crippen LogP contribution in [0.15, 0.2) is 24.3 Å². The fourth-order valence-electron chi connectivity index (χ4n) is 3.11. The van der Waals surface area contributed by atoms with Gasteiger partial charge >= 0.3 is 0 Å². The van der Waals surface area contributed by atoms with Gasteiger partial charge in [-0.2, -0.15) is 0 Å². The van der Waals surface area contributed by atoms with Crippen molar-refractivity contribution in [3.05, 3.63) is 29.3 Å². The lowest BCUT2D eigenvalue weighted by molar-refractivity contribution is 0.171. The normalized spacial score (nSPS) is 22.5. The first-order chi connectivity index (χ1) is 9.28. The minimum absolute atomic E-state index is 0.613. The average molecular weight is 280 g/mol. The highest BCUT2D eigenvalue weighted by atomic mass is 35.5. The first-order valence-corrected chi connectivity index (χ1v) is 7.60. The van der Waals surface area contributed by atoms with E-state index in [0.29, 0.717) is 6.04 Å². The van der Waals surface area contributed by atoms with Crippen LogP contribution in [0.2, 0.25) is 5.02 Å². The fourth-order valence-corrected chi connectivity index (χ4v) is 3.29. The van der Waals surface area contributed by atoms with E-state index in [1.807, 2.05) is 12.1 Å². The number of anilines is 1. The van der Waals surface area contributed by atoms with Crippen LogP contribution in [0.25, 0.3) is 0 Å². The molecule has 1 aliphatic heterocycles. The molecular weight excluding hydrogens is 258 g/mol. The quantitative estimate of drug-likeness (QED) is 0.917. The van der Waals surface area contributed by atoms with Gasteiger partial charge in [0.05, 0.1) is 0 Å². The van der Waals surface area contributed by atoms with Crippen LogP contribution in [0, 0.1) is 5.92 Å². The van der Waals surface area contributed by atoms with Crippen molar-refractivity contribution in [3.8, 4) is 0 Å². The van der Waals surface area contributed by atoms with Crippen LogP contribution in [0.5, 0.6) is 0 Å². The minimum Gasteiger partial charge on any atom is -0.369 e. The van der Waals surface area contributed by atoms with E-state index in [2.05, 4.69) is 21.9 Å². The molecule has 2 fully saturated rings. The number of hydrogen-bond acceptors (Lipinski definition) is 3. The smallest absolute Gasteiger partial charge is 0.0426 e. The van der Waals surface area contributed by atoms with Crippen molar-refractivity contribution in [1.29, 1.82) is 0 Å². The summed E-state index contributed by atoms with van der Waals surface area (Å²) in [6, 6.07) is 8.76. The Labute approximate surface area is 120 Å². The predicted octanol–water partition coefficient (Wildman–Crippen LogP) is 2.20. The molecule has 0 bridgehead atoms. The van der Waals surface area contributed by atoms with E-state index < -0.39 is 0 Å². The van der Waals surface area contributed by atoms with E-state index >= 15 is 0 Å². The summed E-state index contributed by atoms with van der Waals surface area (Å²) in [4.78, 5) is 5.00. The van der Waals surface area contributed by atoms with Crippen LogP contribution in [-0.2, 0) is 0 Å². The van der Waals surface area contributed by atoms with Crippen molar-refractivity contribution in [3.63, 3.8) is 0 Å². The molecule has 0 spiro atoms. The van der Waals surface area contributed by atoms with Gasteiger partial charge < -0.3 is 10.6 Å². The Morgan fingerprint density at radius 1 is 1.21 bits per heavy atom. The Morgan fingerprint density at radius 2 is 1.95 bits per heavy atom. The Hall–Kier alpha value is -0.770. The molecule has 1 aromatic carbocycles.